The van der Waals surface area contributed by atoms with Gasteiger partial charge in [-0.15, -0.1) is 0 Å². The number of rotatable bonds is 4. The summed E-state index contributed by atoms with van der Waals surface area (Å²) in [5.41, 5.74) is 0.364. The summed E-state index contributed by atoms with van der Waals surface area (Å²) in [5, 5.41) is 23.7. The molecule has 0 saturated heterocycles. The Bertz CT molecular complexity index is 607. The maximum atomic E-state index is 11.5. The minimum atomic E-state index is -0.808. The molecule has 2 N–H and O–H groups in total. The number of nitrogens with zero attached hydrogens (tertiary/aromatic N) is 1. The first-order valence-electron chi connectivity index (χ1n) is 6.90. The van der Waals surface area contributed by atoms with Gasteiger partial charge in [-0.05, 0) is 43.2 Å². The second-order valence-corrected chi connectivity index (χ2v) is 6.70. The first-order chi connectivity index (χ1) is 9.97. The molecule has 4 unspecified atom stereocenters. The van der Waals surface area contributed by atoms with E-state index in [9.17, 15) is 20.0 Å². The Hall–Kier alpha value is -1.63. The zero-order chi connectivity index (χ0) is 15.1. The van der Waals surface area contributed by atoms with Crippen molar-refractivity contribution < 1.29 is 14.8 Å². The number of hydrogen-bond donors (Lipinski definition) is 2. The molecule has 0 aliphatic heterocycles. The van der Waals surface area contributed by atoms with E-state index in [1.165, 1.54) is 6.07 Å². The zero-order valence-electron chi connectivity index (χ0n) is 11.2. The Kier molecular flexibility index (Phi) is 3.61. The van der Waals surface area contributed by atoms with Gasteiger partial charge in [0.05, 0.1) is 10.8 Å². The number of fused-ring (bicyclic) bond motifs is 2. The number of carboxylic acids is 1. The minimum Gasteiger partial charge on any atom is -0.481 e. The van der Waals surface area contributed by atoms with Crippen LogP contribution in [-0.2, 0) is 4.79 Å². The molecule has 2 aliphatic carbocycles. The van der Waals surface area contributed by atoms with Crippen LogP contribution in [0.2, 0.25) is 0 Å². The highest BCUT2D eigenvalue weighted by molar-refractivity contribution is 9.10. The number of carboxylic acid groups (broad SMARTS) is 1. The van der Waals surface area contributed by atoms with Crippen molar-refractivity contribution in [2.24, 2.45) is 17.8 Å². The van der Waals surface area contributed by atoms with Gasteiger partial charge in [-0.1, -0.05) is 15.9 Å². The first-order valence-corrected chi connectivity index (χ1v) is 7.70. The molecule has 1 aromatic rings. The van der Waals surface area contributed by atoms with Crippen LogP contribution >= 0.6 is 15.9 Å². The zero-order valence-corrected chi connectivity index (χ0v) is 12.7. The van der Waals surface area contributed by atoms with Crippen LogP contribution in [0.1, 0.15) is 19.3 Å². The van der Waals surface area contributed by atoms with E-state index < -0.39 is 16.8 Å². The van der Waals surface area contributed by atoms with Gasteiger partial charge >= 0.3 is 5.97 Å². The van der Waals surface area contributed by atoms with Gasteiger partial charge in [0.25, 0.3) is 5.69 Å². The van der Waals surface area contributed by atoms with Crippen molar-refractivity contribution in [2.45, 2.75) is 25.3 Å². The molecule has 2 saturated carbocycles. The summed E-state index contributed by atoms with van der Waals surface area (Å²) >= 11 is 3.30. The summed E-state index contributed by atoms with van der Waals surface area (Å²) in [6, 6.07) is 4.45. The summed E-state index contributed by atoms with van der Waals surface area (Å²) in [5.74, 6) is -0.786. The van der Waals surface area contributed by atoms with E-state index in [0.29, 0.717) is 5.69 Å². The van der Waals surface area contributed by atoms with Gasteiger partial charge in [-0.2, -0.15) is 0 Å². The fourth-order valence-electron chi connectivity index (χ4n) is 3.82. The summed E-state index contributed by atoms with van der Waals surface area (Å²) in [6.45, 7) is 0. The normalized spacial score (nSPS) is 30.3. The molecule has 0 aromatic heterocycles. The topological polar surface area (TPSA) is 92.5 Å². The lowest BCUT2D eigenvalue weighted by Gasteiger charge is -2.29. The lowest BCUT2D eigenvalue weighted by molar-refractivity contribution is -0.384. The number of halogens is 1. The van der Waals surface area contributed by atoms with E-state index in [0.717, 1.165) is 23.7 Å². The molecule has 2 aliphatic rings. The highest BCUT2D eigenvalue weighted by Crippen LogP contribution is 2.50. The lowest BCUT2D eigenvalue weighted by Crippen LogP contribution is -2.39. The van der Waals surface area contributed by atoms with Crippen molar-refractivity contribution in [2.75, 3.05) is 5.32 Å². The predicted octanol–water partition coefficient (Wildman–Crippen LogP) is 3.27. The monoisotopic (exact) mass is 354 g/mol. The number of anilines is 1. The fraction of sp³-hybridized carbons (Fsp3) is 0.500. The van der Waals surface area contributed by atoms with Crippen molar-refractivity contribution in [1.82, 2.24) is 0 Å². The lowest BCUT2D eigenvalue weighted by atomic mass is 9.84. The van der Waals surface area contributed by atoms with E-state index in [1.54, 1.807) is 12.1 Å². The summed E-state index contributed by atoms with van der Waals surface area (Å²) in [6.07, 6.45) is 2.84. The van der Waals surface area contributed by atoms with Gasteiger partial charge in [-0.25, -0.2) is 0 Å². The number of nitro benzene ring substituents is 1. The average molecular weight is 355 g/mol. The van der Waals surface area contributed by atoms with E-state index in [4.69, 9.17) is 0 Å². The molecule has 3 rings (SSSR count). The van der Waals surface area contributed by atoms with Crippen LogP contribution < -0.4 is 5.32 Å². The molecule has 0 spiro atoms. The van der Waals surface area contributed by atoms with Crippen molar-refractivity contribution in [1.29, 1.82) is 0 Å². The van der Waals surface area contributed by atoms with Crippen LogP contribution in [0, 0.1) is 27.9 Å². The molecule has 6 nitrogen and oxygen atoms in total. The van der Waals surface area contributed by atoms with Crippen LogP contribution in [-0.4, -0.2) is 22.0 Å². The Morgan fingerprint density at radius 3 is 2.76 bits per heavy atom. The highest BCUT2D eigenvalue weighted by atomic mass is 79.9. The van der Waals surface area contributed by atoms with Crippen LogP contribution in [0.3, 0.4) is 0 Å². The van der Waals surface area contributed by atoms with Gasteiger partial charge in [0.2, 0.25) is 0 Å². The SMILES string of the molecule is O=C(O)C1C2CCC(C2)C1Nc1cc(Br)ccc1[N+](=O)[O-]. The number of nitrogens with one attached hydrogen (secondary N) is 1. The molecular weight excluding hydrogens is 340 g/mol. The van der Waals surface area contributed by atoms with E-state index in [2.05, 4.69) is 21.2 Å². The second-order valence-electron chi connectivity index (χ2n) is 5.79. The Balaban J connectivity index is 1.91. The number of benzene rings is 1. The standard InChI is InChI=1S/C14H15BrN2O4/c15-9-3-4-11(17(20)21)10(6-9)16-13-8-2-1-7(5-8)12(13)14(18)19/h3-4,6-8,12-13,16H,1-2,5H2,(H,18,19). The molecular formula is C14H15BrN2O4. The summed E-state index contributed by atoms with van der Waals surface area (Å²) < 4.78 is 0.727. The van der Waals surface area contributed by atoms with Crippen LogP contribution in [0.15, 0.2) is 22.7 Å². The fourth-order valence-corrected chi connectivity index (χ4v) is 4.18. The van der Waals surface area contributed by atoms with Crippen LogP contribution in [0.5, 0.6) is 0 Å². The number of carbonyl (C=O) groups is 1. The van der Waals surface area contributed by atoms with Crippen LogP contribution in [0.4, 0.5) is 11.4 Å². The number of nitro groups is 1. The molecule has 7 heteroatoms. The highest BCUT2D eigenvalue weighted by Gasteiger charge is 2.51. The molecule has 1 aromatic carbocycles. The molecule has 0 radical (unpaired) electrons. The van der Waals surface area contributed by atoms with Crippen molar-refractivity contribution in [3.05, 3.63) is 32.8 Å². The third-order valence-electron chi connectivity index (χ3n) is 4.68. The molecule has 4 atom stereocenters. The van der Waals surface area contributed by atoms with Gasteiger partial charge in [0, 0.05) is 16.6 Å². The maximum absolute atomic E-state index is 11.5. The maximum Gasteiger partial charge on any atom is 0.308 e. The van der Waals surface area contributed by atoms with Gasteiger partial charge in [0.1, 0.15) is 5.69 Å². The van der Waals surface area contributed by atoms with E-state index >= 15 is 0 Å². The Labute approximate surface area is 129 Å². The quantitative estimate of drug-likeness (QED) is 0.639. The number of hydrogen-bond acceptors (Lipinski definition) is 4. The minimum absolute atomic E-state index is 0.0230. The predicted molar refractivity (Wildman–Crippen MR) is 80.2 cm³/mol. The molecule has 21 heavy (non-hydrogen) atoms. The second kappa shape index (κ2) is 5.29. The smallest absolute Gasteiger partial charge is 0.308 e. The van der Waals surface area contributed by atoms with E-state index in [1.807, 2.05) is 0 Å². The largest absolute Gasteiger partial charge is 0.481 e. The van der Waals surface area contributed by atoms with Gasteiger partial charge in [-0.3, -0.25) is 14.9 Å². The molecule has 0 amide bonds. The van der Waals surface area contributed by atoms with Crippen molar-refractivity contribution in [3.63, 3.8) is 0 Å². The first kappa shape index (κ1) is 14.3. The Morgan fingerprint density at radius 1 is 1.38 bits per heavy atom. The molecule has 112 valence electrons. The molecule has 2 bridgehead atoms. The van der Waals surface area contributed by atoms with Crippen molar-refractivity contribution >= 4 is 33.3 Å². The Morgan fingerprint density at radius 2 is 2.10 bits per heavy atom. The molecule has 2 fully saturated rings. The van der Waals surface area contributed by atoms with Crippen molar-refractivity contribution in [3.8, 4) is 0 Å². The molecule has 0 heterocycles. The van der Waals surface area contributed by atoms with Gasteiger partial charge < -0.3 is 10.4 Å². The van der Waals surface area contributed by atoms with Gasteiger partial charge in [0.15, 0.2) is 0 Å². The third kappa shape index (κ3) is 2.50. The van der Waals surface area contributed by atoms with Crippen LogP contribution in [0.25, 0.3) is 0 Å². The summed E-state index contributed by atoms with van der Waals surface area (Å²) in [7, 11) is 0. The third-order valence-corrected chi connectivity index (χ3v) is 5.17. The van der Waals surface area contributed by atoms with E-state index in [-0.39, 0.29) is 23.6 Å². The average Bonchev–Trinajstić information content (AvgIpc) is 2.98. The number of aliphatic carboxylic acids is 1. The summed E-state index contributed by atoms with van der Waals surface area (Å²) in [4.78, 5) is 22.2.